The van der Waals surface area contributed by atoms with Crippen molar-refractivity contribution in [2.45, 2.75) is 19.2 Å². The van der Waals surface area contributed by atoms with E-state index in [1.165, 1.54) is 25.1 Å². The van der Waals surface area contributed by atoms with E-state index >= 15 is 0 Å². The molecule has 0 aromatic heterocycles. The number of halogens is 1. The Hall–Kier alpha value is -1.88. The average molecular weight is 285 g/mol. The summed E-state index contributed by atoms with van der Waals surface area (Å²) in [5, 5.41) is 8.09. The number of ether oxygens (including phenoxy) is 1. The number of benzene rings is 1. The van der Waals surface area contributed by atoms with Gasteiger partial charge in [0.1, 0.15) is 5.38 Å². The van der Waals surface area contributed by atoms with Crippen LogP contribution in [0.25, 0.3) is 0 Å². The van der Waals surface area contributed by atoms with Gasteiger partial charge in [-0.3, -0.25) is 4.79 Å². The van der Waals surface area contributed by atoms with Crippen molar-refractivity contribution in [1.82, 2.24) is 0 Å². The summed E-state index contributed by atoms with van der Waals surface area (Å²) in [5.74, 6) is -2.29. The van der Waals surface area contributed by atoms with Crippen molar-refractivity contribution < 1.29 is 24.2 Å². The van der Waals surface area contributed by atoms with Gasteiger partial charge in [0, 0.05) is 0 Å². The lowest BCUT2D eigenvalue weighted by Crippen LogP contribution is -2.13. The van der Waals surface area contributed by atoms with Crippen LogP contribution in [0, 0.1) is 0 Å². The molecule has 1 rings (SSSR count). The number of carboxylic acid groups (broad SMARTS) is 1. The Kier molecular flexibility index (Phi) is 5.06. The number of carbonyl (C=O) groups excluding carboxylic acids is 2. The first-order chi connectivity index (χ1) is 8.88. The molecule has 1 aromatic carbocycles. The van der Waals surface area contributed by atoms with Crippen molar-refractivity contribution in [1.29, 1.82) is 0 Å². The summed E-state index contributed by atoms with van der Waals surface area (Å²) in [5.41, 5.74) is 0.0654. The van der Waals surface area contributed by atoms with E-state index < -0.39 is 17.3 Å². The second kappa shape index (κ2) is 6.33. The van der Waals surface area contributed by atoms with Crippen LogP contribution in [0.4, 0.5) is 0 Å². The number of hydrogen-bond acceptors (Lipinski definition) is 4. The van der Waals surface area contributed by atoms with Crippen molar-refractivity contribution in [2.75, 3.05) is 6.61 Å². The molecule has 1 atom stereocenters. The Morgan fingerprint density at radius 2 is 1.95 bits per heavy atom. The monoisotopic (exact) mass is 284 g/mol. The Labute approximate surface area is 115 Å². The van der Waals surface area contributed by atoms with Gasteiger partial charge in [-0.1, -0.05) is 6.07 Å². The lowest BCUT2D eigenvalue weighted by atomic mass is 10.0. The maximum Gasteiger partial charge on any atom is 0.339 e. The van der Waals surface area contributed by atoms with Gasteiger partial charge in [0.25, 0.3) is 0 Å². The number of ketones is 1. The molecule has 5 nitrogen and oxygen atoms in total. The van der Waals surface area contributed by atoms with Gasteiger partial charge in [-0.25, -0.2) is 9.59 Å². The quantitative estimate of drug-likeness (QED) is 0.663. The van der Waals surface area contributed by atoms with Crippen LogP contribution in [0.5, 0.6) is 0 Å². The SMILES string of the molecule is CCOC(=O)c1cc(C(Cl)C(C)=O)ccc1C(=O)O. The van der Waals surface area contributed by atoms with E-state index in [1.807, 2.05) is 0 Å². The predicted molar refractivity (Wildman–Crippen MR) is 68.6 cm³/mol. The standard InChI is InChI=1S/C13H13ClO5/c1-3-19-13(18)10-6-8(11(14)7(2)15)4-5-9(10)12(16)17/h4-6,11H,3H2,1-2H3,(H,16,17). The van der Waals surface area contributed by atoms with Crippen molar-refractivity contribution in [3.63, 3.8) is 0 Å². The first-order valence-electron chi connectivity index (χ1n) is 5.57. The second-order valence-electron chi connectivity index (χ2n) is 3.80. The lowest BCUT2D eigenvalue weighted by Gasteiger charge is -2.10. The second-order valence-corrected chi connectivity index (χ2v) is 4.24. The minimum Gasteiger partial charge on any atom is -0.478 e. The molecule has 1 unspecified atom stereocenters. The molecular formula is C13H13ClO5. The number of rotatable bonds is 5. The normalized spacial score (nSPS) is 11.7. The predicted octanol–water partition coefficient (Wildman–Crippen LogP) is 2.43. The van der Waals surface area contributed by atoms with Gasteiger partial charge in [-0.05, 0) is 31.5 Å². The molecule has 1 N–H and O–H groups in total. The first kappa shape index (κ1) is 15.2. The third-order valence-electron chi connectivity index (χ3n) is 2.42. The number of hydrogen-bond donors (Lipinski definition) is 1. The Bertz CT molecular complexity index is 524. The summed E-state index contributed by atoms with van der Waals surface area (Å²) < 4.78 is 4.78. The molecule has 0 spiro atoms. The highest BCUT2D eigenvalue weighted by Gasteiger charge is 2.21. The highest BCUT2D eigenvalue weighted by molar-refractivity contribution is 6.30. The zero-order valence-corrected chi connectivity index (χ0v) is 11.2. The molecule has 0 amide bonds. The van der Waals surface area contributed by atoms with E-state index in [1.54, 1.807) is 6.92 Å². The summed E-state index contributed by atoms with van der Waals surface area (Å²) in [7, 11) is 0. The molecule has 0 saturated carbocycles. The van der Waals surface area contributed by atoms with Crippen molar-refractivity contribution in [3.05, 3.63) is 34.9 Å². The Morgan fingerprint density at radius 1 is 1.32 bits per heavy atom. The fourth-order valence-electron chi connectivity index (χ4n) is 1.52. The van der Waals surface area contributed by atoms with Crippen LogP contribution in [0.1, 0.15) is 45.5 Å². The van der Waals surface area contributed by atoms with Crippen molar-refractivity contribution in [2.24, 2.45) is 0 Å². The molecule has 0 radical (unpaired) electrons. The first-order valence-corrected chi connectivity index (χ1v) is 6.01. The van der Waals surface area contributed by atoms with Crippen LogP contribution in [0.2, 0.25) is 0 Å². The fraction of sp³-hybridized carbons (Fsp3) is 0.308. The number of alkyl halides is 1. The highest BCUT2D eigenvalue weighted by Crippen LogP contribution is 2.24. The van der Waals surface area contributed by atoms with E-state index in [9.17, 15) is 14.4 Å². The van der Waals surface area contributed by atoms with Gasteiger partial charge in [0.2, 0.25) is 0 Å². The lowest BCUT2D eigenvalue weighted by molar-refractivity contribution is -0.116. The molecule has 102 valence electrons. The third-order valence-corrected chi connectivity index (χ3v) is 2.98. The molecule has 0 aliphatic carbocycles. The van der Waals surface area contributed by atoms with Gasteiger partial charge in [0.05, 0.1) is 17.7 Å². The molecule has 19 heavy (non-hydrogen) atoms. The molecular weight excluding hydrogens is 272 g/mol. The van der Waals surface area contributed by atoms with E-state index in [2.05, 4.69) is 0 Å². The van der Waals surface area contributed by atoms with Gasteiger partial charge in [-0.2, -0.15) is 0 Å². The summed E-state index contributed by atoms with van der Waals surface area (Å²) >= 11 is 5.88. The number of esters is 1. The summed E-state index contributed by atoms with van der Waals surface area (Å²) in [6.07, 6.45) is 0. The number of aromatic carboxylic acids is 1. The van der Waals surface area contributed by atoms with Crippen LogP contribution in [-0.4, -0.2) is 29.4 Å². The Morgan fingerprint density at radius 3 is 2.42 bits per heavy atom. The molecule has 0 fully saturated rings. The molecule has 0 bridgehead atoms. The molecule has 0 aliphatic heterocycles. The van der Waals surface area contributed by atoms with Gasteiger partial charge >= 0.3 is 11.9 Å². The third kappa shape index (κ3) is 3.54. The average Bonchev–Trinajstić information content (AvgIpc) is 2.37. The maximum absolute atomic E-state index is 11.7. The Balaban J connectivity index is 3.29. The summed E-state index contributed by atoms with van der Waals surface area (Å²) in [6, 6.07) is 3.92. The topological polar surface area (TPSA) is 80.7 Å². The highest BCUT2D eigenvalue weighted by atomic mass is 35.5. The zero-order valence-electron chi connectivity index (χ0n) is 10.5. The van der Waals surface area contributed by atoms with Crippen LogP contribution in [-0.2, 0) is 9.53 Å². The minimum absolute atomic E-state index is 0.112. The molecule has 0 aliphatic rings. The van der Waals surface area contributed by atoms with Gasteiger partial charge in [-0.15, -0.1) is 11.6 Å². The van der Waals surface area contributed by atoms with Crippen LogP contribution in [0.3, 0.4) is 0 Å². The van der Waals surface area contributed by atoms with Gasteiger partial charge in [0.15, 0.2) is 5.78 Å². The molecule has 1 aromatic rings. The molecule has 6 heteroatoms. The van der Waals surface area contributed by atoms with Crippen LogP contribution in [0.15, 0.2) is 18.2 Å². The zero-order chi connectivity index (χ0) is 14.6. The fourth-order valence-corrected chi connectivity index (χ4v) is 1.65. The minimum atomic E-state index is -1.25. The van der Waals surface area contributed by atoms with Crippen LogP contribution < -0.4 is 0 Å². The van der Waals surface area contributed by atoms with Crippen molar-refractivity contribution >= 4 is 29.3 Å². The maximum atomic E-state index is 11.7. The number of Topliss-reactive ketones (excluding diaryl/α,β-unsaturated/α-hetero) is 1. The van der Waals surface area contributed by atoms with E-state index in [-0.39, 0.29) is 23.5 Å². The largest absolute Gasteiger partial charge is 0.478 e. The van der Waals surface area contributed by atoms with Crippen LogP contribution >= 0.6 is 11.6 Å². The van der Waals surface area contributed by atoms with E-state index in [0.717, 1.165) is 0 Å². The number of carbonyl (C=O) groups is 3. The molecule has 0 saturated heterocycles. The summed E-state index contributed by atoms with van der Waals surface area (Å²) in [4.78, 5) is 33.9. The van der Waals surface area contributed by atoms with Crippen molar-refractivity contribution in [3.8, 4) is 0 Å². The molecule has 0 heterocycles. The smallest absolute Gasteiger partial charge is 0.339 e. The van der Waals surface area contributed by atoms with E-state index in [4.69, 9.17) is 21.4 Å². The van der Waals surface area contributed by atoms with E-state index in [0.29, 0.717) is 5.56 Å². The van der Waals surface area contributed by atoms with Gasteiger partial charge < -0.3 is 9.84 Å². The number of carboxylic acids is 1. The summed E-state index contributed by atoms with van der Waals surface area (Å²) in [6.45, 7) is 3.05.